The second kappa shape index (κ2) is 11.2. The van der Waals surface area contributed by atoms with Crippen molar-refractivity contribution in [3.63, 3.8) is 0 Å². The molecule has 2 amide bonds. The Morgan fingerprint density at radius 2 is 1.96 bits per heavy atom. The van der Waals surface area contributed by atoms with Crippen LogP contribution in [-0.4, -0.2) is 49.8 Å². The van der Waals surface area contributed by atoms with E-state index >= 15 is 0 Å². The van der Waals surface area contributed by atoms with Gasteiger partial charge in [-0.15, -0.1) is 0 Å². The lowest BCUT2D eigenvalue weighted by Crippen LogP contribution is -2.52. The number of para-hydroxylation sites is 1. The molecule has 1 aromatic carbocycles. The molecule has 9 heteroatoms. The zero-order chi connectivity index (χ0) is 18.7. The summed E-state index contributed by atoms with van der Waals surface area (Å²) in [5.74, 6) is -0.363. The zero-order valence-corrected chi connectivity index (χ0v) is 15.4. The number of benzene rings is 1. The highest BCUT2D eigenvalue weighted by Crippen LogP contribution is 2.17. The fourth-order valence-corrected chi connectivity index (χ4v) is 2.17. The number of carbonyl (C=O) groups excluding carboxylic acids is 2. The van der Waals surface area contributed by atoms with E-state index in [1.54, 1.807) is 31.4 Å². The molecule has 4 N–H and O–H groups in total. The van der Waals surface area contributed by atoms with E-state index in [9.17, 15) is 9.59 Å². The van der Waals surface area contributed by atoms with Gasteiger partial charge in [0.2, 0.25) is 0 Å². The first-order valence-corrected chi connectivity index (χ1v) is 8.23. The summed E-state index contributed by atoms with van der Waals surface area (Å²) in [6.45, 7) is 4.43. The van der Waals surface area contributed by atoms with Crippen molar-refractivity contribution in [1.29, 1.82) is 0 Å². The molecule has 0 aromatic heterocycles. The van der Waals surface area contributed by atoms with E-state index in [-0.39, 0.29) is 17.7 Å². The molecule has 138 valence electrons. The predicted octanol–water partition coefficient (Wildman–Crippen LogP) is 0.345. The normalized spacial score (nSPS) is 11.2. The Morgan fingerprint density at radius 1 is 1.24 bits per heavy atom. The van der Waals surface area contributed by atoms with Crippen LogP contribution in [0.2, 0.25) is 0 Å². The number of hydrogen-bond acceptors (Lipinski definition) is 5. The van der Waals surface area contributed by atoms with Crippen molar-refractivity contribution in [2.45, 2.75) is 19.9 Å². The predicted molar refractivity (Wildman–Crippen MR) is 98.3 cm³/mol. The molecular weight excluding hydrogens is 344 g/mol. The van der Waals surface area contributed by atoms with Gasteiger partial charge in [-0.3, -0.25) is 20.4 Å². The highest BCUT2D eigenvalue weighted by molar-refractivity contribution is 7.80. The summed E-state index contributed by atoms with van der Waals surface area (Å²) in [7, 11) is 1.59. The van der Waals surface area contributed by atoms with Crippen molar-refractivity contribution in [2.75, 3.05) is 26.9 Å². The fourth-order valence-electron chi connectivity index (χ4n) is 1.91. The maximum atomic E-state index is 12.2. The van der Waals surface area contributed by atoms with E-state index < -0.39 is 11.8 Å². The molecule has 0 aliphatic heterocycles. The van der Waals surface area contributed by atoms with Crippen LogP contribution in [0.5, 0.6) is 5.75 Å². The first-order chi connectivity index (χ1) is 12.0. The van der Waals surface area contributed by atoms with E-state index in [4.69, 9.17) is 21.7 Å². The summed E-state index contributed by atoms with van der Waals surface area (Å²) < 4.78 is 10.4. The van der Waals surface area contributed by atoms with Gasteiger partial charge in [0.05, 0.1) is 25.3 Å². The van der Waals surface area contributed by atoms with Crippen LogP contribution in [0.4, 0.5) is 0 Å². The topological polar surface area (TPSA) is 101 Å². The molecule has 0 heterocycles. The minimum Gasteiger partial charge on any atom is -0.493 e. The van der Waals surface area contributed by atoms with Gasteiger partial charge in [0.25, 0.3) is 11.8 Å². The molecule has 1 rings (SSSR count). The lowest BCUT2D eigenvalue weighted by molar-refractivity contribution is -0.120. The van der Waals surface area contributed by atoms with Crippen LogP contribution in [0.15, 0.2) is 24.3 Å². The van der Waals surface area contributed by atoms with Crippen LogP contribution in [0.25, 0.3) is 0 Å². The Bertz CT molecular complexity index is 597. The van der Waals surface area contributed by atoms with Crippen molar-refractivity contribution in [1.82, 2.24) is 21.5 Å². The van der Waals surface area contributed by atoms with Gasteiger partial charge in [-0.25, -0.2) is 0 Å². The second-order valence-corrected chi connectivity index (χ2v) is 5.52. The molecule has 0 radical (unpaired) electrons. The van der Waals surface area contributed by atoms with Crippen molar-refractivity contribution < 1.29 is 19.1 Å². The quantitative estimate of drug-likeness (QED) is 0.388. The Balaban J connectivity index is 2.39. The summed E-state index contributed by atoms with van der Waals surface area (Å²) >= 11 is 5.02. The van der Waals surface area contributed by atoms with Gasteiger partial charge in [-0.05, 0) is 38.2 Å². The highest BCUT2D eigenvalue weighted by atomic mass is 32.1. The average molecular weight is 368 g/mol. The van der Waals surface area contributed by atoms with Crippen LogP contribution in [-0.2, 0) is 9.53 Å². The number of ether oxygens (including phenoxy) is 2. The van der Waals surface area contributed by atoms with Crippen molar-refractivity contribution in [3.05, 3.63) is 29.8 Å². The summed E-state index contributed by atoms with van der Waals surface area (Å²) in [6, 6.07) is 6.83. The Kier molecular flexibility index (Phi) is 9.26. The molecule has 0 bridgehead atoms. The lowest BCUT2D eigenvalue weighted by Gasteiger charge is -2.16. The molecule has 0 spiro atoms. The Hall–Kier alpha value is -2.39. The SMILES string of the molecule is CCOc1ccccc1C(=O)NCC(=O)NNC(=S)N[C@H](C)COC. The molecule has 0 aliphatic carbocycles. The first kappa shape index (κ1) is 20.7. The molecule has 8 nitrogen and oxygen atoms in total. The maximum absolute atomic E-state index is 12.2. The maximum Gasteiger partial charge on any atom is 0.257 e. The average Bonchev–Trinajstić information content (AvgIpc) is 2.58. The molecule has 0 saturated carbocycles. The highest BCUT2D eigenvalue weighted by Gasteiger charge is 2.13. The van der Waals surface area contributed by atoms with Gasteiger partial charge in [-0.1, -0.05) is 12.1 Å². The van der Waals surface area contributed by atoms with Crippen molar-refractivity contribution in [3.8, 4) is 5.75 Å². The molecular formula is C16H24N4O4S. The number of hydrazine groups is 1. The monoisotopic (exact) mass is 368 g/mol. The smallest absolute Gasteiger partial charge is 0.257 e. The first-order valence-electron chi connectivity index (χ1n) is 7.82. The number of nitrogens with one attached hydrogen (secondary N) is 4. The molecule has 0 aliphatic rings. The number of hydrogen-bond donors (Lipinski definition) is 4. The van der Waals surface area contributed by atoms with E-state index in [0.717, 1.165) is 0 Å². The van der Waals surface area contributed by atoms with Gasteiger partial charge >= 0.3 is 0 Å². The van der Waals surface area contributed by atoms with E-state index in [0.29, 0.717) is 24.5 Å². The molecule has 25 heavy (non-hydrogen) atoms. The molecule has 0 fully saturated rings. The molecule has 0 unspecified atom stereocenters. The molecule has 1 atom stereocenters. The Labute approximate surface area is 152 Å². The minimum absolute atomic E-state index is 0.00308. The minimum atomic E-state index is -0.439. The van der Waals surface area contributed by atoms with Crippen molar-refractivity contribution >= 4 is 29.1 Å². The van der Waals surface area contributed by atoms with Crippen LogP contribution in [0.3, 0.4) is 0 Å². The van der Waals surface area contributed by atoms with E-state index in [2.05, 4.69) is 21.5 Å². The standard InChI is InChI=1S/C16H24N4O4S/c1-4-24-13-8-6-5-7-12(13)15(22)17-9-14(21)19-20-16(25)18-11(2)10-23-3/h5-8,11H,4,9-10H2,1-3H3,(H,17,22)(H,19,21)(H2,18,20,25)/t11-/m1/s1. The van der Waals surface area contributed by atoms with Gasteiger partial charge < -0.3 is 20.1 Å². The third-order valence-corrected chi connectivity index (χ3v) is 3.17. The summed E-state index contributed by atoms with van der Waals surface area (Å²) in [6.07, 6.45) is 0. The fraction of sp³-hybridized carbons (Fsp3) is 0.438. The number of amides is 2. The van der Waals surface area contributed by atoms with Crippen molar-refractivity contribution in [2.24, 2.45) is 0 Å². The zero-order valence-electron chi connectivity index (χ0n) is 14.5. The third kappa shape index (κ3) is 7.81. The second-order valence-electron chi connectivity index (χ2n) is 5.11. The number of carbonyl (C=O) groups is 2. The Morgan fingerprint density at radius 3 is 2.64 bits per heavy atom. The number of thiocarbonyl (C=S) groups is 1. The summed E-state index contributed by atoms with van der Waals surface area (Å²) in [5, 5.41) is 5.71. The van der Waals surface area contributed by atoms with Crippen LogP contribution in [0, 0.1) is 0 Å². The van der Waals surface area contributed by atoms with Gasteiger partial charge in [0, 0.05) is 13.2 Å². The lowest BCUT2D eigenvalue weighted by atomic mass is 10.2. The molecule has 1 aromatic rings. The van der Waals surface area contributed by atoms with Crippen LogP contribution >= 0.6 is 12.2 Å². The largest absolute Gasteiger partial charge is 0.493 e. The van der Waals surface area contributed by atoms with Gasteiger partial charge in [0.1, 0.15) is 5.75 Å². The van der Waals surface area contributed by atoms with E-state index in [1.165, 1.54) is 0 Å². The van der Waals surface area contributed by atoms with E-state index in [1.807, 2.05) is 13.8 Å². The van der Waals surface area contributed by atoms with Gasteiger partial charge in [0.15, 0.2) is 5.11 Å². The number of methoxy groups -OCH3 is 1. The molecule has 0 saturated heterocycles. The summed E-state index contributed by atoms with van der Waals surface area (Å²) in [4.78, 5) is 23.9. The number of rotatable bonds is 8. The van der Waals surface area contributed by atoms with Gasteiger partial charge in [-0.2, -0.15) is 0 Å². The summed E-state index contributed by atoms with van der Waals surface area (Å²) in [5.41, 5.74) is 5.32. The third-order valence-electron chi connectivity index (χ3n) is 2.95. The van der Waals surface area contributed by atoms with Crippen LogP contribution in [0.1, 0.15) is 24.2 Å². The van der Waals surface area contributed by atoms with Crippen LogP contribution < -0.4 is 26.2 Å².